The maximum absolute atomic E-state index is 6.66. The lowest BCUT2D eigenvalue weighted by Crippen LogP contribution is -2.50. The smallest absolute Gasteiger partial charge is 0.238 e. The molecule has 14 rings (SSSR count). The Morgan fingerprint density at radius 2 is 1.14 bits per heavy atom. The van der Waals surface area contributed by atoms with Crippen LogP contribution in [0.5, 0.6) is 0 Å². The van der Waals surface area contributed by atoms with Crippen molar-refractivity contribution in [3.63, 3.8) is 0 Å². The number of pyridine rings is 1. The summed E-state index contributed by atoms with van der Waals surface area (Å²) in [7, 11) is 0. The lowest BCUT2D eigenvalue weighted by Gasteiger charge is -2.35. The highest BCUT2D eigenvalue weighted by Crippen LogP contribution is 2.44. The molecule has 5 aromatic heterocycles. The predicted octanol–water partition coefficient (Wildman–Crippen LogP) is 15.2. The van der Waals surface area contributed by atoms with Crippen molar-refractivity contribution in [3.05, 3.63) is 200 Å². The van der Waals surface area contributed by atoms with Crippen LogP contribution in [0.15, 0.2) is 199 Å². The van der Waals surface area contributed by atoms with Gasteiger partial charge in [-0.05, 0) is 107 Å². The third-order valence-electron chi connectivity index (χ3n) is 15.1. The Morgan fingerprint density at radius 3 is 1.93 bits per heavy atom. The first-order chi connectivity index (χ1) is 34.0. The second-order valence-electron chi connectivity index (χ2n) is 18.7. The molecule has 69 heavy (non-hydrogen) atoms. The largest absolute Gasteiger partial charge is 0.456 e. The second-order valence-corrected chi connectivity index (χ2v) is 18.7. The van der Waals surface area contributed by atoms with Gasteiger partial charge in [-0.15, -0.1) is 0 Å². The third kappa shape index (κ3) is 6.13. The summed E-state index contributed by atoms with van der Waals surface area (Å²) in [4.78, 5) is 19.1. The predicted molar refractivity (Wildman–Crippen MR) is 280 cm³/mol. The van der Waals surface area contributed by atoms with Crippen molar-refractivity contribution in [2.24, 2.45) is 0 Å². The number of H-pyrrole nitrogens is 1. The summed E-state index contributed by atoms with van der Waals surface area (Å²) in [6, 6.07) is 67.1. The molecule has 0 amide bonds. The quantitative estimate of drug-likeness (QED) is 0.162. The Labute approximate surface area is 398 Å². The van der Waals surface area contributed by atoms with Crippen LogP contribution in [0.3, 0.4) is 0 Å². The fourth-order valence-electron chi connectivity index (χ4n) is 11.3. The van der Waals surface area contributed by atoms with E-state index in [9.17, 15) is 0 Å². The van der Waals surface area contributed by atoms with E-state index in [0.29, 0.717) is 17.6 Å². The van der Waals surface area contributed by atoms with Gasteiger partial charge in [0, 0.05) is 66.6 Å². The van der Waals surface area contributed by atoms with Crippen LogP contribution in [0.25, 0.3) is 128 Å². The zero-order chi connectivity index (χ0) is 45.8. The van der Waals surface area contributed by atoms with Gasteiger partial charge in [-0.2, -0.15) is 14.5 Å². The normalized spacial score (nSPS) is 13.2. The summed E-state index contributed by atoms with van der Waals surface area (Å²) in [6.45, 7) is 5.68. The topological polar surface area (TPSA) is 76.4 Å². The van der Waals surface area contributed by atoms with Gasteiger partial charge in [-0.25, -0.2) is 4.98 Å². The minimum Gasteiger partial charge on any atom is -0.456 e. The number of hydrogen-bond acceptors (Lipinski definition) is 4. The van der Waals surface area contributed by atoms with Crippen molar-refractivity contribution in [1.82, 2.24) is 24.5 Å². The molecule has 0 fully saturated rings. The van der Waals surface area contributed by atoms with Crippen molar-refractivity contribution < 1.29 is 8.98 Å². The number of nitrogens with zero attached hydrogens (tertiary/aromatic N) is 5. The number of hydrogen-bond donors (Lipinski definition) is 1. The number of benzene rings is 8. The number of furan rings is 1. The van der Waals surface area contributed by atoms with Gasteiger partial charge >= 0.3 is 0 Å². The molecule has 0 spiro atoms. The molecular weight excluding hydrogens is 845 g/mol. The van der Waals surface area contributed by atoms with E-state index in [1.54, 1.807) is 0 Å². The van der Waals surface area contributed by atoms with Gasteiger partial charge < -0.3 is 9.40 Å². The molecule has 0 unspecified atom stereocenters. The van der Waals surface area contributed by atoms with E-state index >= 15 is 0 Å². The fraction of sp³-hybridized carbons (Fsp3) is 0.0968. The minimum atomic E-state index is 0.119. The Morgan fingerprint density at radius 1 is 0.493 bits per heavy atom. The third-order valence-corrected chi connectivity index (χ3v) is 15.1. The molecule has 0 saturated carbocycles. The van der Waals surface area contributed by atoms with Gasteiger partial charge in [0.05, 0.1) is 22.0 Å². The molecule has 1 N–H and O–H groups in total. The summed E-state index contributed by atoms with van der Waals surface area (Å²) >= 11 is 0. The molecule has 0 atom stereocenters. The van der Waals surface area contributed by atoms with E-state index in [2.05, 4.69) is 162 Å². The molecule has 0 radical (unpaired) electrons. The van der Waals surface area contributed by atoms with Crippen LogP contribution in [0, 0.1) is 0 Å². The first-order valence-corrected chi connectivity index (χ1v) is 24.0. The monoisotopic (exact) mass is 889 g/mol. The van der Waals surface area contributed by atoms with E-state index in [1.165, 1.54) is 38.7 Å². The van der Waals surface area contributed by atoms with E-state index in [1.807, 2.05) is 60.7 Å². The summed E-state index contributed by atoms with van der Waals surface area (Å²) in [5, 5.41) is 6.79. The maximum atomic E-state index is 6.66. The van der Waals surface area contributed by atoms with Crippen LogP contribution in [0.1, 0.15) is 32.3 Å². The lowest BCUT2D eigenvalue weighted by atomic mass is 9.71. The first-order valence-electron chi connectivity index (χ1n) is 24.0. The van der Waals surface area contributed by atoms with Crippen LogP contribution >= 0.6 is 0 Å². The Hall–Kier alpha value is -8.68. The van der Waals surface area contributed by atoms with E-state index < -0.39 is 0 Å². The highest BCUT2D eigenvalue weighted by molar-refractivity contribution is 6.19. The highest BCUT2D eigenvalue weighted by Gasteiger charge is 2.41. The Kier molecular flexibility index (Phi) is 8.68. The molecular formula is C62H45N6O+. The van der Waals surface area contributed by atoms with Gasteiger partial charge in [0.2, 0.25) is 11.6 Å². The first kappa shape index (κ1) is 39.5. The van der Waals surface area contributed by atoms with Gasteiger partial charge in [0.15, 0.2) is 24.4 Å². The van der Waals surface area contributed by atoms with E-state index in [0.717, 1.165) is 96.4 Å². The molecule has 1 aliphatic rings. The van der Waals surface area contributed by atoms with Crippen molar-refractivity contribution in [2.75, 3.05) is 0 Å². The molecule has 7 heteroatoms. The number of rotatable bonds is 7. The standard InChI is InChI=1S/C62H45N6O/c1-3-62(4-2)37-67-30-14-13-21-54(67)50-33-40(23-27-51(50)62)42-25-29-57-49(32-42)45-26-22-43(34-58(45)69-57)41-24-28-55-47(31-41)48-35-46-44-19-11-12-20-52(44)63-53(46)36-56(48)68(55)61-65-59(38-15-7-5-8-16-38)64-60(66-61)39-17-9-6-10-18-39/h5-36,63H,3-4,37H2,1-2H3/q+1. The van der Waals surface area contributed by atoms with Crippen LogP contribution in [-0.2, 0) is 12.0 Å². The Balaban J connectivity index is 0.912. The van der Waals surface area contributed by atoms with Crippen LogP contribution in [0.4, 0.5) is 0 Å². The van der Waals surface area contributed by atoms with Gasteiger partial charge in [-0.3, -0.25) is 4.57 Å². The number of nitrogens with one attached hydrogen (secondary N) is 1. The van der Waals surface area contributed by atoms with Crippen LogP contribution in [-0.4, -0.2) is 24.5 Å². The number of fused-ring (bicyclic) bond motifs is 12. The average molecular weight is 890 g/mol. The fourth-order valence-corrected chi connectivity index (χ4v) is 11.3. The molecule has 8 aromatic carbocycles. The molecule has 6 heterocycles. The summed E-state index contributed by atoms with van der Waals surface area (Å²) in [6.07, 6.45) is 4.44. The zero-order valence-electron chi connectivity index (χ0n) is 38.2. The molecule has 7 nitrogen and oxygen atoms in total. The number of aromatic amines is 1. The van der Waals surface area contributed by atoms with Crippen molar-refractivity contribution in [2.45, 2.75) is 38.6 Å². The van der Waals surface area contributed by atoms with Crippen molar-refractivity contribution in [1.29, 1.82) is 0 Å². The Bertz CT molecular complexity index is 4140. The van der Waals surface area contributed by atoms with Crippen molar-refractivity contribution in [3.8, 4) is 62.2 Å². The molecule has 328 valence electrons. The van der Waals surface area contributed by atoms with E-state index in [-0.39, 0.29) is 5.41 Å². The van der Waals surface area contributed by atoms with Gasteiger partial charge in [0.25, 0.3) is 0 Å². The zero-order valence-corrected chi connectivity index (χ0v) is 38.2. The molecule has 13 aromatic rings. The van der Waals surface area contributed by atoms with E-state index in [4.69, 9.17) is 19.4 Å². The lowest BCUT2D eigenvalue weighted by molar-refractivity contribution is -0.697. The van der Waals surface area contributed by atoms with Crippen molar-refractivity contribution >= 4 is 65.6 Å². The summed E-state index contributed by atoms with van der Waals surface area (Å²) in [5.41, 5.74) is 16.5. The number of aromatic nitrogens is 6. The molecule has 0 bridgehead atoms. The minimum absolute atomic E-state index is 0.119. The van der Waals surface area contributed by atoms with Crippen LogP contribution < -0.4 is 4.57 Å². The molecule has 0 saturated heterocycles. The number of para-hydroxylation sites is 1. The summed E-state index contributed by atoms with van der Waals surface area (Å²) in [5.74, 6) is 1.79. The van der Waals surface area contributed by atoms with Crippen LogP contribution in [0.2, 0.25) is 0 Å². The van der Waals surface area contributed by atoms with Gasteiger partial charge in [0.1, 0.15) is 11.2 Å². The SMILES string of the molecule is CCC1(CC)C[n+]2ccccc2-c2cc(-c3ccc4oc5cc(-c6ccc7c(c6)c6cc8c(cc6n7-c6nc(-c7ccccc7)nc(-c7ccccc7)n6)[nH]c6ccccc68)ccc5c4c3)ccc21. The maximum Gasteiger partial charge on any atom is 0.238 e. The summed E-state index contributed by atoms with van der Waals surface area (Å²) < 4.78 is 11.3. The molecule has 1 aliphatic heterocycles. The second kappa shape index (κ2) is 15.2. The van der Waals surface area contributed by atoms with Gasteiger partial charge in [-0.1, -0.05) is 123 Å². The molecule has 0 aliphatic carbocycles. The highest BCUT2D eigenvalue weighted by atomic mass is 16.3. The average Bonchev–Trinajstić information content (AvgIpc) is 4.08.